The molecule has 0 aromatic carbocycles. The second-order valence-corrected chi connectivity index (χ2v) is 5.52. The lowest BCUT2D eigenvalue weighted by Crippen LogP contribution is -2.15. The molecule has 0 fully saturated rings. The highest BCUT2D eigenvalue weighted by Crippen LogP contribution is 2.18. The first-order valence-corrected chi connectivity index (χ1v) is 8.23. The average molecular weight is 345 g/mol. The van der Waals surface area contributed by atoms with E-state index in [1.807, 2.05) is 20.8 Å². The van der Waals surface area contributed by atoms with E-state index >= 15 is 0 Å². The molecule has 0 aliphatic rings. The molecular weight excluding hydrogens is 326 g/mol. The van der Waals surface area contributed by atoms with Gasteiger partial charge in [-0.15, -0.1) is 0 Å². The molecule has 0 radical (unpaired) electrons. The van der Waals surface area contributed by atoms with Crippen LogP contribution in [0, 0.1) is 0 Å². The number of nitrogens with one attached hydrogen (secondary N) is 1. The normalized spacial score (nSPS) is 11.2. The summed E-state index contributed by atoms with van der Waals surface area (Å²) in [6, 6.07) is 1.29. The Morgan fingerprint density at radius 2 is 1.96 bits per heavy atom. The second-order valence-electron chi connectivity index (χ2n) is 5.52. The Balaban J connectivity index is 1.97. The van der Waals surface area contributed by atoms with Gasteiger partial charge in [0, 0.05) is 12.5 Å². The van der Waals surface area contributed by atoms with Crippen LogP contribution in [0.2, 0.25) is 0 Å². The Morgan fingerprint density at radius 3 is 2.64 bits per heavy atom. The molecule has 3 aromatic rings. The largest absolute Gasteiger partial charge is 0.460 e. The highest BCUT2D eigenvalue weighted by Gasteiger charge is 2.16. The van der Waals surface area contributed by atoms with Crippen LogP contribution in [0.4, 0.5) is 0 Å². The van der Waals surface area contributed by atoms with Gasteiger partial charge in [-0.3, -0.25) is 9.78 Å². The third kappa shape index (κ3) is 3.19. The first-order valence-electron chi connectivity index (χ1n) is 8.23. The van der Waals surface area contributed by atoms with Gasteiger partial charge < -0.3 is 13.7 Å². The van der Waals surface area contributed by atoms with Crippen molar-refractivity contribution in [1.82, 2.24) is 15.1 Å². The molecule has 0 amide bonds. The Kier molecular flexibility index (Phi) is 4.69. The van der Waals surface area contributed by atoms with Gasteiger partial charge in [-0.2, -0.15) is 4.98 Å². The number of fused-ring (bicyclic) bond motifs is 1. The SMILES string of the molecule is CCc1noc(CC)c1COc1nc2oc(=O)cc(CC)c2c(=O)[nH]1. The molecule has 0 spiro atoms. The molecule has 25 heavy (non-hydrogen) atoms. The van der Waals surface area contributed by atoms with Crippen molar-refractivity contribution < 1.29 is 13.7 Å². The summed E-state index contributed by atoms with van der Waals surface area (Å²) < 4.78 is 15.9. The summed E-state index contributed by atoms with van der Waals surface area (Å²) in [6.45, 7) is 5.93. The number of hydrogen-bond acceptors (Lipinski definition) is 7. The summed E-state index contributed by atoms with van der Waals surface area (Å²) in [7, 11) is 0. The Labute approximate surface area is 142 Å². The van der Waals surface area contributed by atoms with Gasteiger partial charge in [-0.1, -0.05) is 25.9 Å². The molecule has 1 N–H and O–H groups in total. The monoisotopic (exact) mass is 345 g/mol. The van der Waals surface area contributed by atoms with Crippen molar-refractivity contribution in [3.8, 4) is 6.01 Å². The molecule has 0 atom stereocenters. The molecule has 3 heterocycles. The summed E-state index contributed by atoms with van der Waals surface area (Å²) >= 11 is 0. The summed E-state index contributed by atoms with van der Waals surface area (Å²) in [4.78, 5) is 30.6. The maximum atomic E-state index is 12.3. The predicted molar refractivity (Wildman–Crippen MR) is 89.9 cm³/mol. The fourth-order valence-corrected chi connectivity index (χ4v) is 2.72. The van der Waals surface area contributed by atoms with Crippen molar-refractivity contribution in [2.45, 2.75) is 46.6 Å². The average Bonchev–Trinajstić information content (AvgIpc) is 3.00. The standard InChI is InChI=1S/C17H19N3O5/c1-4-9-7-13(21)24-16-14(9)15(22)18-17(19-16)23-8-10-11(5-2)20-25-12(10)6-3/h7H,4-6,8H2,1-3H3,(H,18,19,22). The Bertz CT molecular complexity index is 994. The van der Waals surface area contributed by atoms with Crippen molar-refractivity contribution in [2.24, 2.45) is 0 Å². The first-order chi connectivity index (χ1) is 12.1. The Hall–Kier alpha value is -2.90. The third-order valence-electron chi connectivity index (χ3n) is 4.02. The number of rotatable bonds is 6. The maximum Gasteiger partial charge on any atom is 0.337 e. The van der Waals surface area contributed by atoms with Gasteiger partial charge in [-0.05, 0) is 18.4 Å². The molecule has 132 valence electrons. The number of ether oxygens (including phenoxy) is 1. The van der Waals surface area contributed by atoms with E-state index in [9.17, 15) is 9.59 Å². The zero-order chi connectivity index (χ0) is 18.0. The minimum atomic E-state index is -0.547. The van der Waals surface area contributed by atoms with Crippen molar-refractivity contribution in [3.63, 3.8) is 0 Å². The van der Waals surface area contributed by atoms with Crippen molar-refractivity contribution in [2.75, 3.05) is 0 Å². The molecule has 0 unspecified atom stereocenters. The van der Waals surface area contributed by atoms with E-state index in [1.54, 1.807) is 0 Å². The van der Waals surface area contributed by atoms with Crippen LogP contribution in [0.5, 0.6) is 6.01 Å². The molecule has 3 rings (SSSR count). The van der Waals surface area contributed by atoms with E-state index in [4.69, 9.17) is 13.7 Å². The van der Waals surface area contributed by atoms with E-state index in [0.29, 0.717) is 24.8 Å². The summed E-state index contributed by atoms with van der Waals surface area (Å²) in [6.07, 6.45) is 1.91. The predicted octanol–water partition coefficient (Wildman–Crippen LogP) is 2.13. The quantitative estimate of drug-likeness (QED) is 0.728. The van der Waals surface area contributed by atoms with E-state index in [1.165, 1.54) is 6.07 Å². The van der Waals surface area contributed by atoms with Crippen LogP contribution < -0.4 is 15.9 Å². The number of nitrogens with zero attached hydrogens (tertiary/aromatic N) is 2. The van der Waals surface area contributed by atoms with Crippen LogP contribution in [0.3, 0.4) is 0 Å². The zero-order valence-electron chi connectivity index (χ0n) is 14.3. The molecule has 0 aliphatic carbocycles. The molecule has 8 heteroatoms. The minimum Gasteiger partial charge on any atom is -0.460 e. The van der Waals surface area contributed by atoms with E-state index < -0.39 is 11.2 Å². The second kappa shape index (κ2) is 6.92. The zero-order valence-corrected chi connectivity index (χ0v) is 14.3. The van der Waals surface area contributed by atoms with Crippen LogP contribution in [-0.4, -0.2) is 15.1 Å². The lowest BCUT2D eigenvalue weighted by Gasteiger charge is -2.07. The van der Waals surface area contributed by atoms with Gasteiger partial charge in [0.25, 0.3) is 11.6 Å². The maximum absolute atomic E-state index is 12.3. The molecule has 0 saturated heterocycles. The van der Waals surface area contributed by atoms with Crippen molar-refractivity contribution in [1.29, 1.82) is 0 Å². The van der Waals surface area contributed by atoms with Crippen LogP contribution in [0.1, 0.15) is 43.4 Å². The topological polar surface area (TPSA) is 111 Å². The molecule has 0 aliphatic heterocycles. The molecular formula is C17H19N3O5. The van der Waals surface area contributed by atoms with Crippen molar-refractivity contribution >= 4 is 11.1 Å². The first kappa shape index (κ1) is 16.9. The number of H-pyrrole nitrogens is 1. The van der Waals surface area contributed by atoms with Gasteiger partial charge in [0.15, 0.2) is 0 Å². The highest BCUT2D eigenvalue weighted by atomic mass is 16.5. The van der Waals surface area contributed by atoms with Gasteiger partial charge in [0.05, 0.1) is 11.3 Å². The van der Waals surface area contributed by atoms with Gasteiger partial charge in [0.1, 0.15) is 17.8 Å². The lowest BCUT2D eigenvalue weighted by molar-refractivity contribution is 0.275. The summed E-state index contributed by atoms with van der Waals surface area (Å²) in [5.74, 6) is 0.736. The van der Waals surface area contributed by atoms with E-state index in [-0.39, 0.29) is 23.7 Å². The van der Waals surface area contributed by atoms with Crippen LogP contribution in [-0.2, 0) is 25.9 Å². The molecule has 8 nitrogen and oxygen atoms in total. The highest BCUT2D eigenvalue weighted by molar-refractivity contribution is 5.75. The third-order valence-corrected chi connectivity index (χ3v) is 4.02. The minimum absolute atomic E-state index is 0.0146. The van der Waals surface area contributed by atoms with Gasteiger partial charge in [-0.25, -0.2) is 4.79 Å². The number of aromatic nitrogens is 3. The van der Waals surface area contributed by atoms with Gasteiger partial charge in [0.2, 0.25) is 5.71 Å². The van der Waals surface area contributed by atoms with Crippen molar-refractivity contribution in [3.05, 3.63) is 49.4 Å². The van der Waals surface area contributed by atoms with Crippen LogP contribution in [0.25, 0.3) is 11.1 Å². The summed E-state index contributed by atoms with van der Waals surface area (Å²) in [5, 5.41) is 4.28. The fraction of sp³-hybridized carbons (Fsp3) is 0.412. The van der Waals surface area contributed by atoms with Crippen LogP contribution >= 0.6 is 0 Å². The smallest absolute Gasteiger partial charge is 0.337 e. The number of hydrogen-bond donors (Lipinski definition) is 1. The molecule has 3 aromatic heterocycles. The van der Waals surface area contributed by atoms with Crippen LogP contribution in [0.15, 0.2) is 24.6 Å². The number of aromatic amines is 1. The fourth-order valence-electron chi connectivity index (χ4n) is 2.72. The number of aryl methyl sites for hydroxylation is 3. The summed E-state index contributed by atoms with van der Waals surface area (Å²) in [5.41, 5.74) is 1.26. The lowest BCUT2D eigenvalue weighted by atomic mass is 10.1. The van der Waals surface area contributed by atoms with E-state index in [0.717, 1.165) is 17.0 Å². The molecule has 0 bridgehead atoms. The van der Waals surface area contributed by atoms with E-state index in [2.05, 4.69) is 15.1 Å². The van der Waals surface area contributed by atoms with Gasteiger partial charge >= 0.3 is 5.63 Å². The molecule has 0 saturated carbocycles. The Morgan fingerprint density at radius 1 is 1.16 bits per heavy atom.